The van der Waals surface area contributed by atoms with Crippen LogP contribution in [0, 0.1) is 5.41 Å². The molecule has 0 spiro atoms. The molecule has 0 radical (unpaired) electrons. The third-order valence-corrected chi connectivity index (χ3v) is 14.7. The van der Waals surface area contributed by atoms with Crippen molar-refractivity contribution in [3.63, 3.8) is 0 Å². The zero-order valence-corrected chi connectivity index (χ0v) is 76.5. The summed E-state index contributed by atoms with van der Waals surface area (Å²) in [7, 11) is 1.23. The first kappa shape index (κ1) is 116. The van der Waals surface area contributed by atoms with Gasteiger partial charge in [0.1, 0.15) is 78.2 Å². The number of carbonyl (C=O) groups excluding carboxylic acids is 17. The van der Waals surface area contributed by atoms with E-state index >= 15 is 0 Å². The van der Waals surface area contributed by atoms with Crippen molar-refractivity contribution in [1.29, 1.82) is 0 Å². The number of ether oxygens (including phenoxy) is 18. The van der Waals surface area contributed by atoms with Crippen LogP contribution < -0.4 is 48.3 Å². The molecule has 1 aliphatic heterocycles. The Morgan fingerprint density at radius 3 is 0.881 bits per heavy atom. The Labute approximate surface area is 736 Å². The summed E-state index contributed by atoms with van der Waals surface area (Å²) in [4.78, 5) is 212. The van der Waals surface area contributed by atoms with Crippen LogP contribution in [0.3, 0.4) is 0 Å². The third kappa shape index (κ3) is 65.4. The summed E-state index contributed by atoms with van der Waals surface area (Å²) in [6.07, 6.45) is -3.18. The molecule has 3 unspecified atom stereocenters. The zero-order valence-electron chi connectivity index (χ0n) is 76.5. The quantitative estimate of drug-likeness (QED) is 0.0181. The van der Waals surface area contributed by atoms with E-state index in [2.05, 4.69) is 47.3 Å². The number of imide groups is 1. The first-order chi connectivity index (χ1) is 58.6. The molecule has 126 heavy (non-hydrogen) atoms. The van der Waals surface area contributed by atoms with Gasteiger partial charge in [0.2, 0.25) is 23.6 Å². The lowest BCUT2D eigenvalue weighted by atomic mass is 9.92. The Bertz CT molecular complexity index is 3160. The second kappa shape index (κ2) is 61.3. The number of carbonyl (C=O) groups is 17. The molecule has 45 heteroatoms. The molecule has 722 valence electrons. The number of nitrogens with two attached hydrogens (primary N) is 1. The van der Waals surface area contributed by atoms with Gasteiger partial charge in [0.15, 0.2) is 0 Å². The van der Waals surface area contributed by atoms with Crippen LogP contribution >= 0.6 is 0 Å². The SMILES string of the molecule is COC(=O)CCOCCNC(=O)OCC(COCCOC(=O)NCCOCCC(=O)NC(CC(=O)OC(C)(C)C)C(=O)OC(C)(C)C)(COCCOC(=O)NCCOCCC(=O)NC(CC(=O)OC(C)(C)C)C(=O)OC(C)(C)C)COCCOC(=O)NCCOCCC(=O)NC(CC(=O)OC(C)(C)C)C(=O)OC(C)(C)C.NCCNC(=O)CCN1C(=O)C=CC1=O. The molecule has 0 saturated heterocycles. The van der Waals surface area contributed by atoms with Crippen molar-refractivity contribution >= 4 is 102 Å². The van der Waals surface area contributed by atoms with Crippen molar-refractivity contribution in [3.8, 4) is 0 Å². The minimum absolute atomic E-state index is 0.0111. The summed E-state index contributed by atoms with van der Waals surface area (Å²) in [5, 5.41) is 20.0. The van der Waals surface area contributed by atoms with Crippen LogP contribution in [0.5, 0.6) is 0 Å². The molecule has 10 N–H and O–H groups in total. The molecule has 10 amide bonds. The fourth-order valence-electron chi connectivity index (χ4n) is 9.49. The van der Waals surface area contributed by atoms with E-state index in [1.54, 1.807) is 125 Å². The summed E-state index contributed by atoms with van der Waals surface area (Å²) in [5.74, 6) is -8.00. The van der Waals surface area contributed by atoms with E-state index in [0.717, 1.165) is 4.90 Å². The van der Waals surface area contributed by atoms with Gasteiger partial charge < -0.3 is 134 Å². The second-order valence-corrected chi connectivity index (χ2v) is 33.8. The largest absolute Gasteiger partial charge is 0.469 e. The second-order valence-electron chi connectivity index (χ2n) is 33.8. The lowest BCUT2D eigenvalue weighted by Crippen LogP contribution is -2.46. The summed E-state index contributed by atoms with van der Waals surface area (Å²) in [5.41, 5.74) is -1.49. The molecule has 1 heterocycles. The fourth-order valence-corrected chi connectivity index (χ4v) is 9.49. The van der Waals surface area contributed by atoms with Crippen molar-refractivity contribution in [1.82, 2.24) is 47.4 Å². The molecule has 45 nitrogen and oxygen atoms in total. The highest BCUT2D eigenvalue weighted by Gasteiger charge is 2.37. The minimum Gasteiger partial charge on any atom is -0.469 e. The van der Waals surface area contributed by atoms with Crippen molar-refractivity contribution in [2.45, 2.75) is 228 Å². The van der Waals surface area contributed by atoms with Crippen LogP contribution in [0.1, 0.15) is 176 Å². The number of hydrogen-bond donors (Lipinski definition) is 9. The van der Waals surface area contributed by atoms with Crippen LogP contribution in [0.15, 0.2) is 12.2 Å². The fraction of sp³-hybridized carbons (Fsp3) is 0.765. The van der Waals surface area contributed by atoms with Crippen molar-refractivity contribution in [3.05, 3.63) is 12.2 Å². The molecule has 0 aliphatic carbocycles. The van der Waals surface area contributed by atoms with E-state index in [9.17, 15) is 81.5 Å². The molecule has 0 fully saturated rings. The number of methoxy groups -OCH3 is 1. The van der Waals surface area contributed by atoms with Gasteiger partial charge in [0, 0.05) is 83.6 Å². The maximum absolute atomic E-state index is 13.1. The van der Waals surface area contributed by atoms with Crippen LogP contribution in [-0.4, -0.2) is 330 Å². The molecule has 0 aromatic carbocycles. The van der Waals surface area contributed by atoms with Gasteiger partial charge in [0.05, 0.1) is 131 Å². The van der Waals surface area contributed by atoms with Crippen molar-refractivity contribution in [2.24, 2.45) is 11.1 Å². The van der Waals surface area contributed by atoms with Gasteiger partial charge in [-0.05, 0) is 125 Å². The average molecular weight is 1810 g/mol. The van der Waals surface area contributed by atoms with E-state index < -0.39 is 167 Å². The molecular formula is C81H138N10O35. The van der Waals surface area contributed by atoms with E-state index in [1.165, 1.54) is 19.3 Å². The number of nitrogens with one attached hydrogen (secondary N) is 8. The molecule has 1 rings (SSSR count). The maximum Gasteiger partial charge on any atom is 0.407 e. The predicted molar refractivity (Wildman–Crippen MR) is 443 cm³/mol. The van der Waals surface area contributed by atoms with E-state index in [0.29, 0.717) is 13.1 Å². The average Bonchev–Trinajstić information content (AvgIpc) is 1.14. The zero-order chi connectivity index (χ0) is 95.8. The van der Waals surface area contributed by atoms with Gasteiger partial charge in [-0.3, -0.25) is 52.8 Å². The monoisotopic (exact) mass is 1810 g/mol. The number of alkyl carbamates (subject to hydrolysis) is 4. The third-order valence-electron chi connectivity index (χ3n) is 14.7. The van der Waals surface area contributed by atoms with E-state index in [4.69, 9.17) is 86.3 Å². The molecule has 0 bridgehead atoms. The van der Waals surface area contributed by atoms with E-state index in [1.807, 2.05) is 0 Å². The Balaban J connectivity index is 0.00000934. The topological polar surface area (TPSA) is 582 Å². The number of amides is 10. The van der Waals surface area contributed by atoms with Gasteiger partial charge >= 0.3 is 66.2 Å². The van der Waals surface area contributed by atoms with Crippen molar-refractivity contribution < 1.29 is 167 Å². The normalized spacial score (nSPS) is 13.3. The lowest BCUT2D eigenvalue weighted by molar-refractivity contribution is -0.165. The number of hydrogen-bond acceptors (Lipinski definition) is 36. The number of esters is 7. The maximum atomic E-state index is 13.1. The predicted octanol–water partition coefficient (Wildman–Crippen LogP) is 1.78. The Morgan fingerprint density at radius 1 is 0.317 bits per heavy atom. The van der Waals surface area contributed by atoms with E-state index in [-0.39, 0.29) is 195 Å². The lowest BCUT2D eigenvalue weighted by Gasteiger charge is -2.32. The highest BCUT2D eigenvalue weighted by atomic mass is 16.6. The molecule has 0 aromatic rings. The van der Waals surface area contributed by atoms with Gasteiger partial charge in [-0.25, -0.2) is 33.6 Å². The highest BCUT2D eigenvalue weighted by Crippen LogP contribution is 2.23. The first-order valence-corrected chi connectivity index (χ1v) is 41.1. The molecule has 3 atom stereocenters. The van der Waals surface area contributed by atoms with Crippen molar-refractivity contribution in [2.75, 3.05) is 172 Å². The first-order valence-electron chi connectivity index (χ1n) is 41.1. The van der Waals surface area contributed by atoms with Crippen LogP contribution in [0.4, 0.5) is 19.2 Å². The summed E-state index contributed by atoms with van der Waals surface area (Å²) < 4.78 is 97.8. The molecular weight excluding hydrogens is 1670 g/mol. The van der Waals surface area contributed by atoms with Gasteiger partial charge in [-0.1, -0.05) is 0 Å². The Kier molecular flexibility index (Phi) is 56.3. The smallest absolute Gasteiger partial charge is 0.407 e. The summed E-state index contributed by atoms with van der Waals surface area (Å²) in [6, 6.07) is -4.00. The summed E-state index contributed by atoms with van der Waals surface area (Å²) >= 11 is 0. The van der Waals surface area contributed by atoms with Gasteiger partial charge in [-0.2, -0.15) is 0 Å². The Hall–Kier alpha value is -10.2. The standard InChI is InChI=1S/C72H125N7O32.C9H13N3O3/c1-66(2,3)106-56(84)42-49(59(87)109-69(10,11)12)77-52(80)20-28-95-32-24-73-62(90)102-39-36-99-45-72(48-105-65(93)76-27-35-98-31-23-55(83)94-19,46-100-37-40-103-63(91)74-25-33-96-29-21-53(81)78-50(60(88)110-70(13,14)15)43-57(85)107-67(4,5)6)47-101-38-41-104-64(92)75-26-34-97-30-22-54(82)79-51(61(89)111-71(16,17)18)44-58(86)108-68(7,8)9;10-4-5-11-7(13)3-6-12-8(14)1-2-9(12)15/h49-51H,20-48H2,1-19H3,(H,73,90)(H,74,91)(H,75,92)(H,76,93)(H,77,80)(H,78,81)(H,79,82);1-2H,3-6,10H2,(H,11,13). The van der Waals surface area contributed by atoms with Crippen LogP contribution in [0.25, 0.3) is 0 Å². The number of rotatable bonds is 58. The summed E-state index contributed by atoms with van der Waals surface area (Å²) in [6.45, 7) is 26.5. The molecule has 0 saturated carbocycles. The Morgan fingerprint density at radius 2 is 0.603 bits per heavy atom. The molecule has 1 aliphatic rings. The molecule has 0 aromatic heterocycles. The minimum atomic E-state index is -1.41. The van der Waals surface area contributed by atoms with Crippen LogP contribution in [0.2, 0.25) is 0 Å². The van der Waals surface area contributed by atoms with Crippen LogP contribution in [-0.2, 0) is 148 Å². The highest BCUT2D eigenvalue weighted by molar-refractivity contribution is 6.13. The van der Waals surface area contributed by atoms with Gasteiger partial charge in [0.25, 0.3) is 11.8 Å². The number of nitrogens with zero attached hydrogens (tertiary/aromatic N) is 1. The van der Waals surface area contributed by atoms with Gasteiger partial charge in [-0.15, -0.1) is 0 Å².